The molecule has 6 heteroatoms. The van der Waals surface area contributed by atoms with E-state index in [1.54, 1.807) is 0 Å². The monoisotopic (exact) mass is 319 g/mol. The van der Waals surface area contributed by atoms with E-state index in [1.807, 2.05) is 19.1 Å². The van der Waals surface area contributed by atoms with E-state index in [0.29, 0.717) is 6.54 Å². The molecule has 1 atom stereocenters. The summed E-state index contributed by atoms with van der Waals surface area (Å²) in [7, 11) is 0. The molecule has 0 amide bonds. The minimum atomic E-state index is -4.29. The molecule has 108 valence electrons. The van der Waals surface area contributed by atoms with Crippen molar-refractivity contribution in [1.82, 2.24) is 5.32 Å². The van der Waals surface area contributed by atoms with Gasteiger partial charge in [0, 0.05) is 17.5 Å². The largest absolute Gasteiger partial charge is 0.416 e. The van der Waals surface area contributed by atoms with Gasteiger partial charge in [0.25, 0.3) is 0 Å². The Hall–Kier alpha value is -1.04. The van der Waals surface area contributed by atoms with E-state index in [4.69, 9.17) is 11.6 Å². The topological polar surface area (TPSA) is 12.0 Å². The van der Waals surface area contributed by atoms with Crippen molar-refractivity contribution in [1.29, 1.82) is 0 Å². The number of alkyl halides is 3. The number of benzene rings is 1. The summed E-state index contributed by atoms with van der Waals surface area (Å²) in [6.45, 7) is 2.55. The van der Waals surface area contributed by atoms with Gasteiger partial charge in [-0.25, -0.2) is 0 Å². The van der Waals surface area contributed by atoms with E-state index in [9.17, 15) is 13.2 Å². The maximum atomic E-state index is 12.5. The van der Waals surface area contributed by atoms with Crippen LogP contribution in [0.4, 0.5) is 13.2 Å². The molecule has 0 aliphatic heterocycles. The van der Waals surface area contributed by atoms with Crippen LogP contribution in [0.2, 0.25) is 4.34 Å². The molecule has 0 fully saturated rings. The van der Waals surface area contributed by atoms with E-state index >= 15 is 0 Å². The normalized spacial score (nSPS) is 13.4. The molecule has 0 aliphatic carbocycles. The summed E-state index contributed by atoms with van der Waals surface area (Å²) in [6.07, 6.45) is -4.29. The van der Waals surface area contributed by atoms with Gasteiger partial charge < -0.3 is 5.32 Å². The minimum Gasteiger partial charge on any atom is -0.305 e. The van der Waals surface area contributed by atoms with Gasteiger partial charge in [-0.2, -0.15) is 13.2 Å². The summed E-state index contributed by atoms with van der Waals surface area (Å²) in [6, 6.07) is 8.94. The first-order valence-corrected chi connectivity index (χ1v) is 7.20. The average Bonchev–Trinajstić information content (AvgIpc) is 2.81. The molecule has 1 unspecified atom stereocenters. The van der Waals surface area contributed by atoms with E-state index in [1.165, 1.54) is 23.5 Å². The Morgan fingerprint density at radius 3 is 2.30 bits per heavy atom. The van der Waals surface area contributed by atoms with Crippen LogP contribution in [0.25, 0.3) is 0 Å². The van der Waals surface area contributed by atoms with Crippen molar-refractivity contribution in [3.05, 3.63) is 56.7 Å². The van der Waals surface area contributed by atoms with Crippen molar-refractivity contribution in [2.45, 2.75) is 25.7 Å². The van der Waals surface area contributed by atoms with Crippen LogP contribution in [-0.4, -0.2) is 0 Å². The molecule has 0 aliphatic rings. The van der Waals surface area contributed by atoms with Crippen LogP contribution in [0.3, 0.4) is 0 Å². The summed E-state index contributed by atoms with van der Waals surface area (Å²) >= 11 is 7.32. The van der Waals surface area contributed by atoms with Crippen LogP contribution in [0, 0.1) is 0 Å². The zero-order valence-electron chi connectivity index (χ0n) is 10.7. The van der Waals surface area contributed by atoms with Crippen molar-refractivity contribution in [3.8, 4) is 0 Å². The second kappa shape index (κ2) is 6.16. The lowest BCUT2D eigenvalue weighted by Gasteiger charge is -2.15. The van der Waals surface area contributed by atoms with Gasteiger partial charge in [-0.3, -0.25) is 0 Å². The van der Waals surface area contributed by atoms with Gasteiger partial charge in [0.2, 0.25) is 0 Å². The van der Waals surface area contributed by atoms with Crippen molar-refractivity contribution in [2.24, 2.45) is 0 Å². The van der Waals surface area contributed by atoms with Gasteiger partial charge in [0.1, 0.15) is 0 Å². The van der Waals surface area contributed by atoms with Crippen LogP contribution in [0.5, 0.6) is 0 Å². The van der Waals surface area contributed by atoms with E-state index < -0.39 is 11.7 Å². The highest BCUT2D eigenvalue weighted by Gasteiger charge is 2.30. The number of rotatable bonds is 4. The van der Waals surface area contributed by atoms with Crippen LogP contribution in [-0.2, 0) is 12.7 Å². The van der Waals surface area contributed by atoms with E-state index in [2.05, 4.69) is 5.32 Å². The highest BCUT2D eigenvalue weighted by molar-refractivity contribution is 7.16. The highest BCUT2D eigenvalue weighted by atomic mass is 35.5. The Balaban J connectivity index is 1.97. The molecule has 0 radical (unpaired) electrons. The van der Waals surface area contributed by atoms with Crippen molar-refractivity contribution >= 4 is 22.9 Å². The number of hydrogen-bond acceptors (Lipinski definition) is 2. The van der Waals surface area contributed by atoms with Crippen molar-refractivity contribution < 1.29 is 13.2 Å². The summed E-state index contributed by atoms with van der Waals surface area (Å²) in [4.78, 5) is 1.09. The molecule has 1 heterocycles. The first-order valence-electron chi connectivity index (χ1n) is 6.01. The number of hydrogen-bond donors (Lipinski definition) is 1. The Bertz CT molecular complexity index is 563. The third kappa shape index (κ3) is 3.98. The van der Waals surface area contributed by atoms with Crippen LogP contribution in [0.15, 0.2) is 36.4 Å². The highest BCUT2D eigenvalue weighted by Crippen LogP contribution is 2.30. The molecule has 0 spiro atoms. The molecule has 20 heavy (non-hydrogen) atoms. The number of thiophene rings is 1. The minimum absolute atomic E-state index is 0.0295. The Morgan fingerprint density at radius 2 is 1.80 bits per heavy atom. The first kappa shape index (κ1) is 15.4. The van der Waals surface area contributed by atoms with Crippen LogP contribution < -0.4 is 5.32 Å². The molecule has 0 saturated carbocycles. The predicted octanol–water partition coefficient (Wildman–Crippen LogP) is 5.27. The Labute approximate surface area is 124 Å². The molecule has 0 bridgehead atoms. The molecular formula is C14H13ClF3NS. The fourth-order valence-electron chi connectivity index (χ4n) is 1.78. The number of nitrogens with one attached hydrogen (secondary N) is 1. The third-order valence-corrected chi connectivity index (χ3v) is 4.18. The SMILES string of the molecule is CC(NCc1ccc(Cl)s1)c1ccc(C(F)(F)F)cc1. The Morgan fingerprint density at radius 1 is 1.15 bits per heavy atom. The van der Waals surface area contributed by atoms with E-state index in [0.717, 1.165) is 26.9 Å². The van der Waals surface area contributed by atoms with Gasteiger partial charge in [0.15, 0.2) is 0 Å². The molecule has 1 aromatic carbocycles. The maximum absolute atomic E-state index is 12.5. The van der Waals surface area contributed by atoms with Gasteiger partial charge in [-0.1, -0.05) is 23.7 Å². The molecule has 2 aromatic rings. The summed E-state index contributed by atoms with van der Waals surface area (Å²) in [5.74, 6) is 0. The fourth-order valence-corrected chi connectivity index (χ4v) is 2.82. The van der Waals surface area contributed by atoms with Crippen molar-refractivity contribution in [2.75, 3.05) is 0 Å². The average molecular weight is 320 g/mol. The molecule has 1 aromatic heterocycles. The van der Waals surface area contributed by atoms with Gasteiger partial charge in [-0.15, -0.1) is 11.3 Å². The van der Waals surface area contributed by atoms with Gasteiger partial charge >= 0.3 is 6.18 Å². The maximum Gasteiger partial charge on any atom is 0.416 e. The Kier molecular flexibility index (Phi) is 4.73. The lowest BCUT2D eigenvalue weighted by molar-refractivity contribution is -0.137. The second-order valence-corrected chi connectivity index (χ2v) is 6.23. The molecule has 0 saturated heterocycles. The van der Waals surface area contributed by atoms with Gasteiger partial charge in [-0.05, 0) is 36.8 Å². The van der Waals surface area contributed by atoms with Crippen LogP contribution >= 0.6 is 22.9 Å². The lowest BCUT2D eigenvalue weighted by atomic mass is 10.1. The summed E-state index contributed by atoms with van der Waals surface area (Å²) in [5.41, 5.74) is 0.194. The molecule has 1 nitrogen and oxygen atoms in total. The van der Waals surface area contributed by atoms with Crippen LogP contribution in [0.1, 0.15) is 29.0 Å². The zero-order valence-corrected chi connectivity index (χ0v) is 12.2. The molecule has 1 N–H and O–H groups in total. The smallest absolute Gasteiger partial charge is 0.305 e. The zero-order chi connectivity index (χ0) is 14.8. The lowest BCUT2D eigenvalue weighted by Crippen LogP contribution is -2.17. The second-order valence-electron chi connectivity index (χ2n) is 4.43. The third-order valence-electron chi connectivity index (χ3n) is 2.95. The van der Waals surface area contributed by atoms with Crippen molar-refractivity contribution in [3.63, 3.8) is 0 Å². The fraction of sp³-hybridized carbons (Fsp3) is 0.286. The van der Waals surface area contributed by atoms with E-state index in [-0.39, 0.29) is 6.04 Å². The standard InChI is InChI=1S/C14H13ClF3NS/c1-9(19-8-12-6-7-13(15)20-12)10-2-4-11(5-3-10)14(16,17)18/h2-7,9,19H,8H2,1H3. The number of halogens is 4. The summed E-state index contributed by atoms with van der Waals surface area (Å²) in [5, 5.41) is 3.26. The molecular weight excluding hydrogens is 307 g/mol. The van der Waals surface area contributed by atoms with Gasteiger partial charge in [0.05, 0.1) is 9.90 Å². The molecule has 2 rings (SSSR count). The predicted molar refractivity (Wildman–Crippen MR) is 76.0 cm³/mol. The quantitative estimate of drug-likeness (QED) is 0.809. The first-order chi connectivity index (χ1) is 9.36. The summed E-state index contributed by atoms with van der Waals surface area (Å²) < 4.78 is 38.1.